The molecule has 11 aromatic rings. The molecule has 0 unspecified atom stereocenters. The molecule has 0 saturated heterocycles. The monoisotopic (exact) mass is 746 g/mol. The number of nitrogens with zero attached hydrogens (tertiary/aromatic N) is 2. The molecule has 0 aliphatic carbocycles. The fraction of sp³-hybridized carbons (Fsp3) is 0.0377. The van der Waals surface area contributed by atoms with Crippen molar-refractivity contribution >= 4 is 103 Å². The van der Waals surface area contributed by atoms with Crippen molar-refractivity contribution in [3.8, 4) is 5.69 Å². The third-order valence-corrected chi connectivity index (χ3v) is 13.0. The molecule has 3 nitrogen and oxygen atoms in total. The maximum absolute atomic E-state index is 6.76. The van der Waals surface area contributed by atoms with Crippen molar-refractivity contribution in [1.29, 1.82) is 0 Å². The van der Waals surface area contributed by atoms with Crippen LogP contribution in [0.4, 0.5) is 0 Å². The summed E-state index contributed by atoms with van der Waals surface area (Å²) >= 11 is 1.85. The van der Waals surface area contributed by atoms with Crippen LogP contribution in [-0.4, -0.2) is 10.3 Å². The van der Waals surface area contributed by atoms with Crippen LogP contribution in [0.5, 0.6) is 0 Å². The zero-order valence-corrected chi connectivity index (χ0v) is 32.0. The number of fused-ring (bicyclic) bond motifs is 10. The van der Waals surface area contributed by atoms with E-state index in [1.54, 1.807) is 0 Å². The first-order valence-electron chi connectivity index (χ1n) is 19.5. The first-order valence-corrected chi connectivity index (χ1v) is 20.3. The van der Waals surface area contributed by atoms with Crippen molar-refractivity contribution in [3.63, 3.8) is 0 Å². The van der Waals surface area contributed by atoms with Gasteiger partial charge >= 0.3 is 0 Å². The van der Waals surface area contributed by atoms with E-state index in [0.29, 0.717) is 6.42 Å². The van der Waals surface area contributed by atoms with E-state index in [9.17, 15) is 0 Å². The van der Waals surface area contributed by atoms with Crippen LogP contribution in [0.25, 0.3) is 91.6 Å². The molecular formula is C53H34N2OS. The predicted octanol–water partition coefficient (Wildman–Crippen LogP) is 14.9. The van der Waals surface area contributed by atoms with Crippen molar-refractivity contribution in [1.82, 2.24) is 4.57 Å². The number of aromatic nitrogens is 1. The van der Waals surface area contributed by atoms with E-state index in [4.69, 9.17) is 9.41 Å². The third-order valence-electron chi connectivity index (χ3n) is 11.8. The fourth-order valence-corrected chi connectivity index (χ4v) is 10.2. The highest BCUT2D eigenvalue weighted by atomic mass is 32.1. The van der Waals surface area contributed by atoms with Gasteiger partial charge in [-0.1, -0.05) is 121 Å². The largest absolute Gasteiger partial charge is 0.456 e. The Kier molecular flexibility index (Phi) is 7.08. The topological polar surface area (TPSA) is 30.4 Å². The Labute approximate surface area is 332 Å². The summed E-state index contributed by atoms with van der Waals surface area (Å²) in [7, 11) is 0. The van der Waals surface area contributed by atoms with Crippen LogP contribution < -0.4 is 0 Å². The number of thiophene rings is 1. The standard InChI is InChI=1S/C53H34N2OS/c1-32-38(33-13-3-2-4-14-33)24-25-45(54-53(32)36-23-26-51-43(28-36)40-18-9-12-22-50(40)57-51)44-30-37(31-49-52(44)41-19-8-11-21-48(41)56-49)55-46-20-10-7-17-39(46)42-27-34-15-5-6-16-35(34)29-47(42)55/h2-24,26-31H,25H2,1H3. The molecule has 4 heterocycles. The molecule has 1 aliphatic rings. The lowest BCUT2D eigenvalue weighted by Crippen LogP contribution is -2.04. The van der Waals surface area contributed by atoms with Crippen LogP contribution in [0.3, 0.4) is 0 Å². The van der Waals surface area contributed by atoms with Crippen LogP contribution in [0, 0.1) is 0 Å². The van der Waals surface area contributed by atoms with Crippen molar-refractivity contribution in [2.75, 3.05) is 0 Å². The fourth-order valence-electron chi connectivity index (χ4n) is 9.15. The van der Waals surface area contributed by atoms with Gasteiger partial charge in [0.25, 0.3) is 0 Å². The van der Waals surface area contributed by atoms with E-state index in [1.807, 2.05) is 11.3 Å². The van der Waals surface area contributed by atoms with Gasteiger partial charge in [0.2, 0.25) is 0 Å². The number of hydrogen-bond donors (Lipinski definition) is 0. The van der Waals surface area contributed by atoms with Crippen LogP contribution >= 0.6 is 11.3 Å². The Bertz CT molecular complexity index is 3550. The highest BCUT2D eigenvalue weighted by Gasteiger charge is 2.23. The maximum atomic E-state index is 6.76. The second kappa shape index (κ2) is 12.5. The van der Waals surface area contributed by atoms with Crippen LogP contribution in [0.1, 0.15) is 30.0 Å². The van der Waals surface area contributed by atoms with Crippen molar-refractivity contribution in [3.05, 3.63) is 198 Å². The Morgan fingerprint density at radius 2 is 1.26 bits per heavy atom. The molecule has 8 aromatic carbocycles. The summed E-state index contributed by atoms with van der Waals surface area (Å²) in [6.45, 7) is 2.23. The van der Waals surface area contributed by atoms with Crippen molar-refractivity contribution in [2.45, 2.75) is 13.3 Å². The zero-order chi connectivity index (χ0) is 37.6. The molecule has 268 valence electrons. The smallest absolute Gasteiger partial charge is 0.138 e. The Hall–Kier alpha value is -7.01. The number of para-hydroxylation sites is 2. The van der Waals surface area contributed by atoms with Crippen LogP contribution in [-0.2, 0) is 0 Å². The first kappa shape index (κ1) is 32.3. The molecule has 3 aromatic heterocycles. The van der Waals surface area contributed by atoms with E-state index in [0.717, 1.165) is 66.8 Å². The SMILES string of the molecule is CC1=C(c2ccc3sc4ccccc4c3c2)N=C(c2cc(-n3c4ccccc4c4cc5ccccc5cc43)cc3oc4ccccc4c23)CC=C1c1ccccc1. The summed E-state index contributed by atoms with van der Waals surface area (Å²) in [6, 6.07) is 61.4. The van der Waals surface area contributed by atoms with E-state index in [1.165, 1.54) is 52.9 Å². The Morgan fingerprint density at radius 3 is 2.14 bits per heavy atom. The minimum absolute atomic E-state index is 0.657. The number of allylic oxidation sites excluding steroid dienone is 3. The lowest BCUT2D eigenvalue weighted by molar-refractivity contribution is 0.668. The molecule has 0 spiro atoms. The molecular weight excluding hydrogens is 713 g/mol. The van der Waals surface area contributed by atoms with E-state index >= 15 is 0 Å². The van der Waals surface area contributed by atoms with Crippen LogP contribution in [0.15, 0.2) is 191 Å². The van der Waals surface area contributed by atoms with E-state index < -0.39 is 0 Å². The number of hydrogen-bond acceptors (Lipinski definition) is 3. The van der Waals surface area contributed by atoms with Gasteiger partial charge in [-0.05, 0) is 82.9 Å². The molecule has 1 aliphatic heterocycles. The average Bonchev–Trinajstić information content (AvgIpc) is 3.89. The number of rotatable bonds is 4. The van der Waals surface area contributed by atoms with Gasteiger partial charge < -0.3 is 8.98 Å². The third kappa shape index (κ3) is 5.01. The molecule has 4 heteroatoms. The molecule has 0 atom stereocenters. The molecule has 0 radical (unpaired) electrons. The zero-order valence-electron chi connectivity index (χ0n) is 31.2. The van der Waals surface area contributed by atoms with E-state index in [-0.39, 0.29) is 0 Å². The maximum Gasteiger partial charge on any atom is 0.138 e. The molecule has 0 amide bonds. The molecule has 12 rings (SSSR count). The van der Waals surface area contributed by atoms with Gasteiger partial charge in [0.05, 0.1) is 28.1 Å². The van der Waals surface area contributed by atoms with Gasteiger partial charge in [0, 0.05) is 65.3 Å². The van der Waals surface area contributed by atoms with Gasteiger partial charge in [-0.2, -0.15) is 0 Å². The Balaban J connectivity index is 1.15. The number of aliphatic imine (C=N–C) groups is 1. The van der Waals surface area contributed by atoms with Gasteiger partial charge in [0.1, 0.15) is 11.2 Å². The summed E-state index contributed by atoms with van der Waals surface area (Å²) in [6.07, 6.45) is 3.03. The van der Waals surface area contributed by atoms with Crippen molar-refractivity contribution < 1.29 is 4.42 Å². The summed E-state index contributed by atoms with van der Waals surface area (Å²) < 4.78 is 11.8. The molecule has 0 bridgehead atoms. The molecule has 0 saturated carbocycles. The molecule has 0 N–H and O–H groups in total. The molecule has 57 heavy (non-hydrogen) atoms. The van der Waals surface area contributed by atoms with E-state index in [2.05, 4.69) is 187 Å². The average molecular weight is 747 g/mol. The van der Waals surface area contributed by atoms with Crippen molar-refractivity contribution in [2.24, 2.45) is 4.99 Å². The highest BCUT2D eigenvalue weighted by molar-refractivity contribution is 7.25. The van der Waals surface area contributed by atoms with Crippen LogP contribution in [0.2, 0.25) is 0 Å². The van der Waals surface area contributed by atoms with Gasteiger partial charge in [0.15, 0.2) is 0 Å². The quantitative estimate of drug-likeness (QED) is 0.176. The highest BCUT2D eigenvalue weighted by Crippen LogP contribution is 2.42. The second-order valence-corrected chi connectivity index (χ2v) is 16.1. The van der Waals surface area contributed by atoms with Gasteiger partial charge in [-0.3, -0.25) is 4.99 Å². The molecule has 0 fully saturated rings. The summed E-state index contributed by atoms with van der Waals surface area (Å²) in [4.78, 5) is 5.77. The Morgan fingerprint density at radius 1 is 0.544 bits per heavy atom. The number of furan rings is 1. The predicted molar refractivity (Wildman–Crippen MR) is 243 cm³/mol. The summed E-state index contributed by atoms with van der Waals surface area (Å²) in [5, 5.41) is 9.64. The minimum atomic E-state index is 0.657. The normalized spacial score (nSPS) is 13.8. The number of benzene rings is 8. The minimum Gasteiger partial charge on any atom is -0.456 e. The lowest BCUT2D eigenvalue weighted by Gasteiger charge is -2.14. The first-order chi connectivity index (χ1) is 28.2. The summed E-state index contributed by atoms with van der Waals surface area (Å²) in [5.74, 6) is 0. The lowest BCUT2D eigenvalue weighted by atomic mass is 9.94. The second-order valence-electron chi connectivity index (χ2n) is 15.1. The van der Waals surface area contributed by atoms with Gasteiger partial charge in [-0.15, -0.1) is 11.3 Å². The summed E-state index contributed by atoms with van der Waals surface area (Å²) in [5.41, 5.74) is 12.8. The van der Waals surface area contributed by atoms with Gasteiger partial charge in [-0.25, -0.2) is 0 Å².